The molecule has 4 nitrogen and oxygen atoms in total. The fourth-order valence-corrected chi connectivity index (χ4v) is 2.59. The van der Waals surface area contributed by atoms with Crippen LogP contribution >= 0.6 is 12.2 Å². The predicted octanol–water partition coefficient (Wildman–Crippen LogP) is 4.12. The molecule has 0 amide bonds. The van der Waals surface area contributed by atoms with Crippen molar-refractivity contribution in [3.05, 3.63) is 59.1 Å². The fraction of sp³-hybridized carbons (Fsp3) is 0.200. The Labute approximate surface area is 122 Å². The van der Waals surface area contributed by atoms with Gasteiger partial charge in [0.2, 0.25) is 5.89 Å². The highest BCUT2D eigenvalue weighted by molar-refractivity contribution is 7.71. The van der Waals surface area contributed by atoms with Gasteiger partial charge >= 0.3 is 0 Å². The molecule has 0 radical (unpaired) electrons. The van der Waals surface area contributed by atoms with Crippen LogP contribution in [0.25, 0.3) is 11.3 Å². The van der Waals surface area contributed by atoms with E-state index in [1.165, 1.54) is 0 Å². The zero-order valence-corrected chi connectivity index (χ0v) is 12.1. The van der Waals surface area contributed by atoms with Gasteiger partial charge in [0.25, 0.3) is 0 Å². The van der Waals surface area contributed by atoms with Crippen molar-refractivity contribution in [3.8, 4) is 11.3 Å². The number of nitrogens with one attached hydrogen (secondary N) is 1. The molecule has 1 N–H and O–H groups in total. The van der Waals surface area contributed by atoms with Crippen molar-refractivity contribution in [1.82, 2.24) is 14.5 Å². The second kappa shape index (κ2) is 5.09. The molecule has 0 bridgehead atoms. The largest absolute Gasteiger partial charge is 0.444 e. The molecule has 0 aliphatic heterocycles. The van der Waals surface area contributed by atoms with Gasteiger partial charge in [0.05, 0.1) is 11.9 Å². The molecule has 20 heavy (non-hydrogen) atoms. The molecule has 3 aromatic rings. The molecule has 102 valence electrons. The molecule has 2 heterocycles. The molecule has 0 aliphatic rings. The van der Waals surface area contributed by atoms with Crippen molar-refractivity contribution in [1.29, 1.82) is 0 Å². The van der Waals surface area contributed by atoms with E-state index in [1.807, 2.05) is 42.8 Å². The standard InChI is InChI=1S/C15H15N3OS/c1-10-8-16-14(19-10)11(2)18-13(9-17-15(18)20)12-6-4-3-5-7-12/h3-9,11H,1-2H3,(H,17,20). The lowest BCUT2D eigenvalue weighted by Crippen LogP contribution is -2.08. The Bertz CT molecular complexity index is 770. The van der Waals surface area contributed by atoms with Crippen molar-refractivity contribution >= 4 is 12.2 Å². The number of imidazole rings is 1. The summed E-state index contributed by atoms with van der Waals surface area (Å²) in [4.78, 5) is 7.40. The minimum atomic E-state index is -0.0577. The third kappa shape index (κ3) is 2.20. The lowest BCUT2D eigenvalue weighted by molar-refractivity contribution is 0.415. The van der Waals surface area contributed by atoms with Crippen LogP contribution in [0.2, 0.25) is 0 Å². The molecule has 0 saturated heterocycles. The van der Waals surface area contributed by atoms with Gasteiger partial charge in [-0.25, -0.2) is 4.98 Å². The second-order valence-electron chi connectivity index (χ2n) is 4.70. The van der Waals surface area contributed by atoms with Crippen LogP contribution in [-0.4, -0.2) is 14.5 Å². The molecule has 1 atom stereocenters. The minimum Gasteiger partial charge on any atom is -0.444 e. The maximum absolute atomic E-state index is 5.62. The number of oxazole rings is 1. The van der Waals surface area contributed by atoms with Crippen molar-refractivity contribution in [2.75, 3.05) is 0 Å². The van der Waals surface area contributed by atoms with E-state index in [0.29, 0.717) is 10.7 Å². The van der Waals surface area contributed by atoms with Gasteiger partial charge in [-0.3, -0.25) is 0 Å². The number of hydrogen-bond acceptors (Lipinski definition) is 3. The van der Waals surface area contributed by atoms with E-state index in [9.17, 15) is 0 Å². The van der Waals surface area contributed by atoms with E-state index < -0.39 is 0 Å². The molecule has 0 aliphatic carbocycles. The first-order valence-corrected chi connectivity index (χ1v) is 6.85. The number of nitrogens with zero attached hydrogens (tertiary/aromatic N) is 2. The number of aryl methyl sites for hydroxylation is 1. The summed E-state index contributed by atoms with van der Waals surface area (Å²) in [6, 6.07) is 10.1. The Hall–Kier alpha value is -2.14. The molecule has 2 aromatic heterocycles. The van der Waals surface area contributed by atoms with Gasteiger partial charge in [-0.2, -0.15) is 0 Å². The minimum absolute atomic E-state index is 0.0577. The topological polar surface area (TPSA) is 46.8 Å². The van der Waals surface area contributed by atoms with Crippen molar-refractivity contribution in [2.45, 2.75) is 19.9 Å². The maximum atomic E-state index is 5.62. The first-order chi connectivity index (χ1) is 9.66. The zero-order chi connectivity index (χ0) is 14.1. The van der Waals surface area contributed by atoms with Crippen molar-refractivity contribution in [3.63, 3.8) is 0 Å². The lowest BCUT2D eigenvalue weighted by atomic mass is 10.1. The highest BCUT2D eigenvalue weighted by Gasteiger charge is 2.18. The summed E-state index contributed by atoms with van der Waals surface area (Å²) in [5, 5.41) is 0. The molecule has 0 fully saturated rings. The first kappa shape index (κ1) is 12.9. The molecular formula is C15H15N3OS. The molecule has 1 unspecified atom stereocenters. The number of aromatic amines is 1. The molecule has 3 rings (SSSR count). The van der Waals surface area contributed by atoms with E-state index in [2.05, 4.69) is 22.1 Å². The number of H-pyrrole nitrogens is 1. The number of aromatic nitrogens is 3. The Morgan fingerprint density at radius 2 is 2.05 bits per heavy atom. The van der Waals surface area contributed by atoms with Gasteiger partial charge in [-0.05, 0) is 31.6 Å². The Morgan fingerprint density at radius 3 is 2.70 bits per heavy atom. The van der Waals surface area contributed by atoms with Gasteiger partial charge in [0, 0.05) is 6.20 Å². The van der Waals surface area contributed by atoms with Crippen LogP contribution in [0.15, 0.2) is 47.1 Å². The van der Waals surface area contributed by atoms with Crippen LogP contribution < -0.4 is 0 Å². The zero-order valence-electron chi connectivity index (χ0n) is 11.3. The van der Waals surface area contributed by atoms with Crippen LogP contribution in [-0.2, 0) is 0 Å². The Kier molecular flexibility index (Phi) is 3.28. The summed E-state index contributed by atoms with van der Waals surface area (Å²) in [7, 11) is 0. The third-order valence-corrected chi connectivity index (χ3v) is 3.58. The molecule has 5 heteroatoms. The van der Waals surface area contributed by atoms with E-state index in [1.54, 1.807) is 6.20 Å². The number of benzene rings is 1. The summed E-state index contributed by atoms with van der Waals surface area (Å²) in [5.41, 5.74) is 2.13. The summed E-state index contributed by atoms with van der Waals surface area (Å²) in [6.45, 7) is 3.92. The second-order valence-corrected chi connectivity index (χ2v) is 5.09. The van der Waals surface area contributed by atoms with Crippen molar-refractivity contribution < 1.29 is 4.42 Å². The number of hydrogen-bond donors (Lipinski definition) is 1. The van der Waals surface area contributed by atoms with Gasteiger partial charge in [0.1, 0.15) is 11.8 Å². The van der Waals surface area contributed by atoms with Crippen LogP contribution in [0, 0.1) is 11.7 Å². The van der Waals surface area contributed by atoms with Crippen LogP contribution in [0.5, 0.6) is 0 Å². The average Bonchev–Trinajstić information content (AvgIpc) is 3.05. The summed E-state index contributed by atoms with van der Waals surface area (Å²) in [6.07, 6.45) is 3.65. The highest BCUT2D eigenvalue weighted by Crippen LogP contribution is 2.26. The van der Waals surface area contributed by atoms with E-state index in [4.69, 9.17) is 16.6 Å². The van der Waals surface area contributed by atoms with Gasteiger partial charge in [-0.1, -0.05) is 30.3 Å². The van der Waals surface area contributed by atoms with Crippen molar-refractivity contribution in [2.24, 2.45) is 0 Å². The van der Waals surface area contributed by atoms with E-state index in [-0.39, 0.29) is 6.04 Å². The maximum Gasteiger partial charge on any atom is 0.217 e. The van der Waals surface area contributed by atoms with Gasteiger partial charge in [0.15, 0.2) is 4.77 Å². The normalized spacial score (nSPS) is 12.5. The molecule has 1 aromatic carbocycles. The number of rotatable bonds is 3. The third-order valence-electron chi connectivity index (χ3n) is 3.26. The molecule has 0 spiro atoms. The fourth-order valence-electron chi connectivity index (χ4n) is 2.27. The van der Waals surface area contributed by atoms with E-state index >= 15 is 0 Å². The van der Waals surface area contributed by atoms with Crippen LogP contribution in [0.1, 0.15) is 24.6 Å². The highest BCUT2D eigenvalue weighted by atomic mass is 32.1. The Balaban J connectivity index is 2.10. The van der Waals surface area contributed by atoms with Gasteiger partial charge in [-0.15, -0.1) is 0 Å². The summed E-state index contributed by atoms with van der Waals surface area (Å²) < 4.78 is 8.31. The molecular weight excluding hydrogens is 270 g/mol. The van der Waals surface area contributed by atoms with Crippen LogP contribution in [0.4, 0.5) is 0 Å². The summed E-state index contributed by atoms with van der Waals surface area (Å²) >= 11 is 5.39. The first-order valence-electron chi connectivity index (χ1n) is 6.44. The van der Waals surface area contributed by atoms with Gasteiger partial charge < -0.3 is 14.0 Å². The summed E-state index contributed by atoms with van der Waals surface area (Å²) in [5.74, 6) is 1.46. The average molecular weight is 285 g/mol. The predicted molar refractivity (Wildman–Crippen MR) is 80.1 cm³/mol. The lowest BCUT2D eigenvalue weighted by Gasteiger charge is -2.13. The van der Waals surface area contributed by atoms with E-state index in [0.717, 1.165) is 17.0 Å². The molecule has 0 saturated carbocycles. The van der Waals surface area contributed by atoms with Crippen LogP contribution in [0.3, 0.4) is 0 Å². The smallest absolute Gasteiger partial charge is 0.217 e. The Morgan fingerprint density at radius 1 is 1.30 bits per heavy atom. The SMILES string of the molecule is Cc1cnc(C(C)n2c(-c3ccccc3)c[nH]c2=S)o1. The monoisotopic (exact) mass is 285 g/mol. The quantitative estimate of drug-likeness (QED) is 0.736.